The van der Waals surface area contributed by atoms with E-state index in [1.165, 1.54) is 0 Å². The summed E-state index contributed by atoms with van der Waals surface area (Å²) >= 11 is 15.7. The van der Waals surface area contributed by atoms with Crippen molar-refractivity contribution in [2.45, 2.75) is 6.04 Å². The summed E-state index contributed by atoms with van der Waals surface area (Å²) in [7, 11) is 1.62. The highest BCUT2D eigenvalue weighted by Gasteiger charge is 2.17. The Bertz CT molecular complexity index is 604. The molecule has 0 amide bonds. The molecule has 2 nitrogen and oxygen atoms in total. The smallest absolute Gasteiger partial charge is 0.120 e. The van der Waals surface area contributed by atoms with Crippen molar-refractivity contribution >= 4 is 39.1 Å². The third-order valence-corrected chi connectivity index (χ3v) is 4.38. The van der Waals surface area contributed by atoms with Crippen molar-refractivity contribution in [1.29, 1.82) is 0 Å². The SMILES string of the molecule is COc1ccc(C(N)c2cccc(Cl)c2Cl)c(Br)c1. The minimum absolute atomic E-state index is 0.355. The minimum atomic E-state index is -0.355. The van der Waals surface area contributed by atoms with Gasteiger partial charge in [-0.25, -0.2) is 0 Å². The van der Waals surface area contributed by atoms with Crippen LogP contribution in [-0.4, -0.2) is 7.11 Å². The number of ether oxygens (including phenoxy) is 1. The zero-order valence-corrected chi connectivity index (χ0v) is 13.3. The highest BCUT2D eigenvalue weighted by Crippen LogP contribution is 2.35. The fraction of sp³-hybridized carbons (Fsp3) is 0.143. The molecule has 0 heterocycles. The van der Waals surface area contributed by atoms with Crippen LogP contribution in [0.4, 0.5) is 0 Å². The Morgan fingerprint density at radius 3 is 2.53 bits per heavy atom. The number of hydrogen-bond acceptors (Lipinski definition) is 2. The topological polar surface area (TPSA) is 35.2 Å². The predicted molar refractivity (Wildman–Crippen MR) is 83.2 cm³/mol. The molecule has 0 fully saturated rings. The van der Waals surface area contributed by atoms with E-state index in [-0.39, 0.29) is 6.04 Å². The van der Waals surface area contributed by atoms with Crippen molar-refractivity contribution in [3.8, 4) is 5.75 Å². The van der Waals surface area contributed by atoms with Gasteiger partial charge in [0.2, 0.25) is 0 Å². The Balaban J connectivity index is 2.44. The lowest BCUT2D eigenvalue weighted by molar-refractivity contribution is 0.414. The average Bonchev–Trinajstić information content (AvgIpc) is 2.41. The monoisotopic (exact) mass is 359 g/mol. The molecule has 0 bridgehead atoms. The van der Waals surface area contributed by atoms with Crippen LogP contribution in [0.1, 0.15) is 17.2 Å². The van der Waals surface area contributed by atoms with Crippen LogP contribution in [0, 0.1) is 0 Å². The summed E-state index contributed by atoms with van der Waals surface area (Å²) in [5.41, 5.74) is 7.98. The van der Waals surface area contributed by atoms with Crippen LogP contribution in [-0.2, 0) is 0 Å². The first-order valence-corrected chi connectivity index (χ1v) is 7.12. The molecule has 0 saturated heterocycles. The van der Waals surface area contributed by atoms with Crippen LogP contribution in [0.15, 0.2) is 40.9 Å². The van der Waals surface area contributed by atoms with Gasteiger partial charge < -0.3 is 10.5 Å². The predicted octanol–water partition coefficient (Wildman–Crippen LogP) is 4.81. The zero-order chi connectivity index (χ0) is 14.0. The van der Waals surface area contributed by atoms with Crippen molar-refractivity contribution in [2.75, 3.05) is 7.11 Å². The number of hydrogen-bond donors (Lipinski definition) is 1. The highest BCUT2D eigenvalue weighted by atomic mass is 79.9. The van der Waals surface area contributed by atoms with Crippen molar-refractivity contribution in [2.24, 2.45) is 5.73 Å². The number of rotatable bonds is 3. The summed E-state index contributed by atoms with van der Waals surface area (Å²) in [4.78, 5) is 0. The lowest BCUT2D eigenvalue weighted by Gasteiger charge is -2.17. The van der Waals surface area contributed by atoms with Crippen molar-refractivity contribution in [1.82, 2.24) is 0 Å². The molecule has 2 rings (SSSR count). The molecule has 1 atom stereocenters. The summed E-state index contributed by atoms with van der Waals surface area (Å²) in [5, 5.41) is 0.985. The van der Waals surface area contributed by atoms with E-state index in [0.29, 0.717) is 10.0 Å². The van der Waals surface area contributed by atoms with Crippen LogP contribution >= 0.6 is 39.1 Å². The molecule has 0 aliphatic heterocycles. The van der Waals surface area contributed by atoms with Crippen LogP contribution in [0.5, 0.6) is 5.75 Å². The van der Waals surface area contributed by atoms with Gasteiger partial charge >= 0.3 is 0 Å². The summed E-state index contributed by atoms with van der Waals surface area (Å²) < 4.78 is 6.03. The van der Waals surface area contributed by atoms with Gasteiger partial charge in [-0.3, -0.25) is 0 Å². The number of benzene rings is 2. The molecule has 0 spiro atoms. The first-order valence-electron chi connectivity index (χ1n) is 5.57. The molecule has 0 saturated carbocycles. The molecular weight excluding hydrogens is 349 g/mol. The standard InChI is InChI=1S/C14H12BrCl2NO/c1-19-8-5-6-9(11(15)7-8)14(18)10-3-2-4-12(16)13(10)17/h2-7,14H,18H2,1H3. The molecule has 19 heavy (non-hydrogen) atoms. The van der Waals surface area contributed by atoms with Crippen LogP contribution in [0.25, 0.3) is 0 Å². The maximum absolute atomic E-state index is 6.26. The molecule has 5 heteroatoms. The largest absolute Gasteiger partial charge is 0.497 e. The molecular formula is C14H12BrCl2NO. The quantitative estimate of drug-likeness (QED) is 0.852. The van der Waals surface area contributed by atoms with Gasteiger partial charge in [-0.05, 0) is 29.3 Å². The summed E-state index contributed by atoms with van der Waals surface area (Å²) in [6.07, 6.45) is 0. The molecule has 0 aliphatic carbocycles. The Hall–Kier alpha value is -0.740. The van der Waals surface area contributed by atoms with Crippen LogP contribution in [0.2, 0.25) is 10.0 Å². The Labute approximate surface area is 130 Å². The van der Waals surface area contributed by atoms with Gasteiger partial charge in [-0.2, -0.15) is 0 Å². The first kappa shape index (κ1) is 14.7. The van der Waals surface area contributed by atoms with Gasteiger partial charge in [-0.15, -0.1) is 0 Å². The van der Waals surface area contributed by atoms with E-state index < -0.39 is 0 Å². The van der Waals surface area contributed by atoms with Crippen molar-refractivity contribution in [3.63, 3.8) is 0 Å². The maximum Gasteiger partial charge on any atom is 0.120 e. The second-order valence-corrected chi connectivity index (χ2v) is 5.65. The fourth-order valence-corrected chi connectivity index (χ4v) is 2.85. The average molecular weight is 361 g/mol. The molecule has 0 radical (unpaired) electrons. The normalized spacial score (nSPS) is 12.3. The van der Waals surface area contributed by atoms with Gasteiger partial charge in [-0.1, -0.05) is 57.3 Å². The molecule has 100 valence electrons. The van der Waals surface area contributed by atoms with E-state index >= 15 is 0 Å². The van der Waals surface area contributed by atoms with E-state index in [1.54, 1.807) is 13.2 Å². The van der Waals surface area contributed by atoms with Gasteiger partial charge in [0.25, 0.3) is 0 Å². The molecule has 0 aliphatic rings. The number of nitrogens with two attached hydrogens (primary N) is 1. The third-order valence-electron chi connectivity index (χ3n) is 2.86. The van der Waals surface area contributed by atoms with E-state index in [2.05, 4.69) is 15.9 Å². The highest BCUT2D eigenvalue weighted by molar-refractivity contribution is 9.10. The number of methoxy groups -OCH3 is 1. The van der Waals surface area contributed by atoms with Crippen LogP contribution in [0.3, 0.4) is 0 Å². The van der Waals surface area contributed by atoms with E-state index in [9.17, 15) is 0 Å². The lowest BCUT2D eigenvalue weighted by Crippen LogP contribution is -2.13. The Kier molecular flexibility index (Phi) is 4.74. The van der Waals surface area contributed by atoms with Gasteiger partial charge in [0.05, 0.1) is 23.2 Å². The van der Waals surface area contributed by atoms with Gasteiger partial charge in [0.1, 0.15) is 5.75 Å². The summed E-state index contributed by atoms with van der Waals surface area (Å²) in [6.45, 7) is 0. The third kappa shape index (κ3) is 3.06. The fourth-order valence-electron chi connectivity index (χ4n) is 1.82. The zero-order valence-electron chi connectivity index (χ0n) is 10.2. The lowest BCUT2D eigenvalue weighted by atomic mass is 9.99. The van der Waals surface area contributed by atoms with Crippen LogP contribution < -0.4 is 10.5 Å². The first-order chi connectivity index (χ1) is 9.04. The summed E-state index contributed by atoms with van der Waals surface area (Å²) in [5.74, 6) is 0.764. The molecule has 2 aromatic rings. The Morgan fingerprint density at radius 2 is 1.89 bits per heavy atom. The Morgan fingerprint density at radius 1 is 1.16 bits per heavy atom. The van der Waals surface area contributed by atoms with Crippen molar-refractivity contribution in [3.05, 3.63) is 62.0 Å². The number of halogens is 3. The molecule has 1 unspecified atom stereocenters. The summed E-state index contributed by atoms with van der Waals surface area (Å²) in [6, 6.07) is 10.7. The maximum atomic E-state index is 6.26. The molecule has 2 aromatic carbocycles. The van der Waals surface area contributed by atoms with Gasteiger partial charge in [0, 0.05) is 4.47 Å². The van der Waals surface area contributed by atoms with Gasteiger partial charge in [0.15, 0.2) is 0 Å². The minimum Gasteiger partial charge on any atom is -0.497 e. The second-order valence-electron chi connectivity index (χ2n) is 4.01. The van der Waals surface area contributed by atoms with E-state index in [4.69, 9.17) is 33.7 Å². The molecule has 2 N–H and O–H groups in total. The van der Waals surface area contributed by atoms with E-state index in [1.807, 2.05) is 30.3 Å². The second kappa shape index (κ2) is 6.14. The van der Waals surface area contributed by atoms with Crippen molar-refractivity contribution < 1.29 is 4.74 Å². The molecule has 0 aromatic heterocycles. The van der Waals surface area contributed by atoms with E-state index in [0.717, 1.165) is 21.3 Å².